The van der Waals surface area contributed by atoms with Crippen LogP contribution < -0.4 is 23.8 Å². The molecule has 2 aromatic carbocycles. The van der Waals surface area contributed by atoms with E-state index in [9.17, 15) is 19.5 Å². The number of aliphatic hydroxyl groups excluding tert-OH is 1. The molecule has 306 valence electrons. The van der Waals surface area contributed by atoms with E-state index in [0.717, 1.165) is 27.5 Å². The maximum Gasteiger partial charge on any atom is 0.416 e. The van der Waals surface area contributed by atoms with Crippen LogP contribution in [0, 0.1) is 0 Å². The third-order valence-corrected chi connectivity index (χ3v) is 13.0. The summed E-state index contributed by atoms with van der Waals surface area (Å²) >= 11 is 0. The van der Waals surface area contributed by atoms with Crippen LogP contribution in [0.3, 0.4) is 0 Å². The molecule has 2 fully saturated rings. The standard InChI is InChI=1S/C42H47N5O9S2/c1-25-15-28-21-44-31-19-36(34(52-4)17-29(31)39(48)45(28)22-25)54-13-9-6-10-14-55-37-20-32-30(18-35(37)53-5)40(49)46-23-26(2)16-33(46)41(50)47(32)42(51)56-24-27(3)57-58-38-11-7-8-12-43-38/h7-8,11-12,17-21,27-28,33,41,50H,1-2,6,9-10,13-16,22-24H2,3-5H3/t27?,28?,33?,41-/m0/s1. The number of unbranched alkanes of at least 4 members (excludes halogenated alkanes) is 2. The van der Waals surface area contributed by atoms with E-state index >= 15 is 0 Å². The Bertz CT molecular complexity index is 2100. The molecule has 4 aliphatic heterocycles. The van der Waals surface area contributed by atoms with Crippen molar-refractivity contribution in [2.45, 2.75) is 67.6 Å². The van der Waals surface area contributed by atoms with Crippen molar-refractivity contribution >= 4 is 57.1 Å². The summed E-state index contributed by atoms with van der Waals surface area (Å²) in [7, 11) is 6.01. The van der Waals surface area contributed by atoms with Gasteiger partial charge in [-0.3, -0.25) is 14.6 Å². The van der Waals surface area contributed by atoms with E-state index in [1.54, 1.807) is 41.6 Å². The average Bonchev–Trinajstić information content (AvgIpc) is 3.77. The minimum atomic E-state index is -1.40. The van der Waals surface area contributed by atoms with E-state index < -0.39 is 18.4 Å². The number of amides is 3. The summed E-state index contributed by atoms with van der Waals surface area (Å²) in [6, 6.07) is 11.4. The van der Waals surface area contributed by atoms with Crippen LogP contribution in [0.4, 0.5) is 16.2 Å². The monoisotopic (exact) mass is 829 g/mol. The molecule has 0 radical (unpaired) electrons. The molecule has 3 unspecified atom stereocenters. The van der Waals surface area contributed by atoms with Crippen LogP contribution in [0.25, 0.3) is 0 Å². The Kier molecular flexibility index (Phi) is 12.8. The Morgan fingerprint density at radius 1 is 0.897 bits per heavy atom. The zero-order valence-corrected chi connectivity index (χ0v) is 34.4. The van der Waals surface area contributed by atoms with Crippen molar-refractivity contribution in [3.05, 3.63) is 84.1 Å². The minimum absolute atomic E-state index is 0.0585. The normalized spacial score (nSPS) is 20.1. The Morgan fingerprint density at radius 2 is 1.57 bits per heavy atom. The van der Waals surface area contributed by atoms with Gasteiger partial charge in [0, 0.05) is 42.9 Å². The maximum absolute atomic E-state index is 13.9. The Hall–Kier alpha value is -5.19. The second kappa shape index (κ2) is 18.2. The van der Waals surface area contributed by atoms with E-state index in [0.29, 0.717) is 79.7 Å². The Morgan fingerprint density at radius 3 is 2.28 bits per heavy atom. The summed E-state index contributed by atoms with van der Waals surface area (Å²) in [6.45, 7) is 11.5. The number of ether oxygens (including phenoxy) is 5. The number of hydrogen-bond acceptors (Lipinski definition) is 13. The molecule has 1 N–H and O–H groups in total. The number of anilines is 1. The van der Waals surface area contributed by atoms with Crippen LogP contribution in [0.2, 0.25) is 0 Å². The third-order valence-electron chi connectivity index (χ3n) is 10.3. The van der Waals surface area contributed by atoms with Crippen molar-refractivity contribution in [1.29, 1.82) is 0 Å². The van der Waals surface area contributed by atoms with E-state index in [1.807, 2.05) is 25.1 Å². The number of aromatic nitrogens is 1. The topological polar surface area (TPSA) is 153 Å². The Labute approximate surface area is 345 Å². The quantitative estimate of drug-likeness (QED) is 0.0946. The molecule has 0 aliphatic carbocycles. The van der Waals surface area contributed by atoms with Gasteiger partial charge < -0.3 is 38.6 Å². The number of aliphatic hydroxyl groups is 1. The number of carbonyl (C=O) groups is 3. The predicted molar refractivity (Wildman–Crippen MR) is 223 cm³/mol. The Balaban J connectivity index is 0.982. The van der Waals surface area contributed by atoms with Gasteiger partial charge in [-0.1, -0.05) is 41.2 Å². The summed E-state index contributed by atoms with van der Waals surface area (Å²) in [5.41, 5.74) is 3.13. The van der Waals surface area contributed by atoms with Gasteiger partial charge in [0.25, 0.3) is 11.8 Å². The number of methoxy groups -OCH3 is 2. The van der Waals surface area contributed by atoms with Crippen LogP contribution in [0.5, 0.6) is 23.0 Å². The van der Waals surface area contributed by atoms with Crippen LogP contribution in [0.1, 0.15) is 59.7 Å². The smallest absolute Gasteiger partial charge is 0.416 e. The summed E-state index contributed by atoms with van der Waals surface area (Å²) in [6.07, 6.45) is 4.48. The van der Waals surface area contributed by atoms with Gasteiger partial charge in [0.05, 0.1) is 62.0 Å². The number of benzene rings is 2. The molecule has 7 rings (SSSR count). The summed E-state index contributed by atoms with van der Waals surface area (Å²) in [4.78, 5) is 54.5. The molecule has 2 saturated heterocycles. The molecule has 3 aromatic rings. The fourth-order valence-electron chi connectivity index (χ4n) is 7.35. The van der Waals surface area contributed by atoms with E-state index in [-0.39, 0.29) is 47.5 Å². The van der Waals surface area contributed by atoms with Crippen molar-refractivity contribution < 1.29 is 43.2 Å². The zero-order chi connectivity index (χ0) is 40.9. The van der Waals surface area contributed by atoms with Crippen molar-refractivity contribution in [3.8, 4) is 23.0 Å². The highest BCUT2D eigenvalue weighted by atomic mass is 33.1. The van der Waals surface area contributed by atoms with Gasteiger partial charge >= 0.3 is 6.09 Å². The average molecular weight is 830 g/mol. The molecule has 14 nitrogen and oxygen atoms in total. The van der Waals surface area contributed by atoms with Crippen molar-refractivity contribution in [3.63, 3.8) is 0 Å². The van der Waals surface area contributed by atoms with Crippen LogP contribution in [-0.2, 0) is 4.74 Å². The lowest BCUT2D eigenvalue weighted by atomic mass is 10.1. The fraction of sp³-hybridized carbons (Fsp3) is 0.405. The largest absolute Gasteiger partial charge is 0.493 e. The predicted octanol–water partition coefficient (Wildman–Crippen LogP) is 7.09. The molecule has 0 bridgehead atoms. The third kappa shape index (κ3) is 8.78. The lowest BCUT2D eigenvalue weighted by Crippen LogP contribution is -2.51. The van der Waals surface area contributed by atoms with Gasteiger partial charge in [-0.05, 0) is 74.1 Å². The highest BCUT2D eigenvalue weighted by Crippen LogP contribution is 2.43. The first-order valence-corrected chi connectivity index (χ1v) is 21.3. The number of nitrogens with zero attached hydrogens (tertiary/aromatic N) is 5. The molecule has 4 atom stereocenters. The molecule has 0 spiro atoms. The van der Waals surface area contributed by atoms with E-state index in [1.165, 1.54) is 40.7 Å². The molecule has 1 aromatic heterocycles. The summed E-state index contributed by atoms with van der Waals surface area (Å²) in [5, 5.41) is 12.4. The van der Waals surface area contributed by atoms with Crippen LogP contribution >= 0.6 is 21.6 Å². The molecular formula is C42H47N5O9S2. The second-order valence-corrected chi connectivity index (χ2v) is 17.2. The first kappa shape index (κ1) is 41.0. The highest BCUT2D eigenvalue weighted by molar-refractivity contribution is 8.76. The van der Waals surface area contributed by atoms with Gasteiger partial charge in [0.1, 0.15) is 11.6 Å². The number of aliphatic imine (C=N–C) groups is 1. The fourth-order valence-corrected chi connectivity index (χ4v) is 9.22. The van der Waals surface area contributed by atoms with Crippen molar-refractivity contribution in [1.82, 2.24) is 14.8 Å². The summed E-state index contributed by atoms with van der Waals surface area (Å²) < 4.78 is 29.3. The van der Waals surface area contributed by atoms with Crippen LogP contribution in [-0.4, -0.2) is 115 Å². The number of fused-ring (bicyclic) bond motifs is 4. The zero-order valence-electron chi connectivity index (χ0n) is 32.8. The molecular weight excluding hydrogens is 783 g/mol. The minimum Gasteiger partial charge on any atom is -0.493 e. The van der Waals surface area contributed by atoms with E-state index in [2.05, 4.69) is 23.1 Å². The van der Waals surface area contributed by atoms with Crippen molar-refractivity contribution in [2.75, 3.05) is 52.0 Å². The molecule has 3 amide bonds. The number of pyridine rings is 1. The number of carbonyl (C=O) groups excluding carboxylic acids is 3. The maximum atomic E-state index is 13.9. The first-order chi connectivity index (χ1) is 28.1. The molecule has 58 heavy (non-hydrogen) atoms. The first-order valence-electron chi connectivity index (χ1n) is 19.1. The van der Waals surface area contributed by atoms with E-state index in [4.69, 9.17) is 23.7 Å². The van der Waals surface area contributed by atoms with Gasteiger partial charge in [-0.25, -0.2) is 14.7 Å². The molecule has 16 heteroatoms. The number of rotatable bonds is 15. The molecule has 5 heterocycles. The van der Waals surface area contributed by atoms with Gasteiger partial charge in [0.2, 0.25) is 0 Å². The highest BCUT2D eigenvalue weighted by Gasteiger charge is 2.46. The molecule has 4 aliphatic rings. The van der Waals surface area contributed by atoms with Crippen LogP contribution in [0.15, 0.2) is 83.0 Å². The summed E-state index contributed by atoms with van der Waals surface area (Å²) in [5.74, 6) is 1.12. The number of hydrogen-bond donors (Lipinski definition) is 1. The van der Waals surface area contributed by atoms with Crippen molar-refractivity contribution in [2.24, 2.45) is 4.99 Å². The van der Waals surface area contributed by atoms with Gasteiger partial charge in [0.15, 0.2) is 29.2 Å². The van der Waals surface area contributed by atoms with Gasteiger partial charge in [-0.2, -0.15) is 0 Å². The lowest BCUT2D eigenvalue weighted by Gasteiger charge is -2.31. The SMILES string of the molecule is C=C1CC2C=Nc3cc(OCCCCCOc4cc5c(cc4OC)C(=O)N4CC(=C)CC4[C@H](O)N5C(=O)OCC(C)SSc4ccccn4)c(OC)cc3C(=O)N2C1. The van der Waals surface area contributed by atoms with Gasteiger partial charge in [-0.15, -0.1) is 0 Å². The molecule has 0 saturated carbocycles. The second-order valence-electron chi connectivity index (χ2n) is 14.5. The lowest BCUT2D eigenvalue weighted by molar-refractivity contribution is 0.0491.